The third-order valence-corrected chi connectivity index (χ3v) is 18.2. The summed E-state index contributed by atoms with van der Waals surface area (Å²) in [6, 6.07) is 45.2. The van der Waals surface area contributed by atoms with Gasteiger partial charge >= 0.3 is 0 Å². The zero-order valence-electron chi connectivity index (χ0n) is 52.4. The van der Waals surface area contributed by atoms with Crippen LogP contribution >= 0.6 is 0 Å². The fourth-order valence-corrected chi connectivity index (χ4v) is 13.8. The minimum Gasteiger partial charge on any atom is -0.310 e. The summed E-state index contributed by atoms with van der Waals surface area (Å²) >= 11 is 0. The van der Waals surface area contributed by atoms with Gasteiger partial charge in [0.05, 0.1) is 11.0 Å². The monoisotopic (exact) mass is 1030 g/mol. The van der Waals surface area contributed by atoms with Crippen molar-refractivity contribution < 1.29 is 0 Å². The van der Waals surface area contributed by atoms with E-state index in [1.165, 1.54) is 132 Å². The van der Waals surface area contributed by atoms with Gasteiger partial charge in [-0.3, -0.25) is 0 Å². The predicted molar refractivity (Wildman–Crippen MR) is 347 cm³/mol. The van der Waals surface area contributed by atoms with Gasteiger partial charge in [-0.1, -0.05) is 250 Å². The first-order valence-corrected chi connectivity index (χ1v) is 29.5. The Hall–Kier alpha value is -5.73. The lowest BCUT2D eigenvalue weighted by Gasteiger charge is -2.40. The molecule has 0 aliphatic carbocycles. The molecule has 2 aliphatic heterocycles. The number of para-hydroxylation sites is 2. The molecule has 4 heterocycles. The van der Waals surface area contributed by atoms with E-state index in [0.717, 1.165) is 0 Å². The summed E-state index contributed by atoms with van der Waals surface area (Å²) in [5, 5.41) is 5.33. The molecule has 0 N–H and O–H groups in total. The zero-order chi connectivity index (χ0) is 56.9. The number of hydrogen-bond donors (Lipinski definition) is 0. The molecule has 0 saturated heterocycles. The van der Waals surface area contributed by atoms with Crippen molar-refractivity contribution in [1.82, 2.24) is 9.13 Å². The van der Waals surface area contributed by atoms with Crippen LogP contribution in [-0.4, -0.2) is 22.6 Å². The van der Waals surface area contributed by atoms with Crippen molar-refractivity contribution in [3.05, 3.63) is 154 Å². The molecule has 78 heavy (non-hydrogen) atoms. The van der Waals surface area contributed by atoms with Gasteiger partial charge in [0, 0.05) is 44.0 Å². The van der Waals surface area contributed by atoms with Crippen LogP contribution in [0.4, 0.5) is 0 Å². The average molecular weight is 1030 g/mol. The molecule has 0 amide bonds. The lowest BCUT2D eigenvalue weighted by molar-refractivity contribution is 0.552. The summed E-state index contributed by atoms with van der Waals surface area (Å²) in [5.74, 6) is 0. The normalized spacial score (nSPS) is 14.6. The molecular weight excluding hydrogens is 938 g/mol. The van der Waals surface area contributed by atoms with Gasteiger partial charge in [0.2, 0.25) is 13.4 Å². The van der Waals surface area contributed by atoms with Crippen LogP contribution < -0.4 is 32.8 Å². The second kappa shape index (κ2) is 16.9. The smallest absolute Gasteiger partial charge is 0.247 e. The molecule has 402 valence electrons. The molecule has 0 bridgehead atoms. The predicted octanol–water partition coefficient (Wildman–Crippen LogP) is 15.9. The van der Waals surface area contributed by atoms with E-state index >= 15 is 0 Å². The number of aromatic nitrogens is 2. The van der Waals surface area contributed by atoms with Crippen molar-refractivity contribution in [2.45, 2.75) is 209 Å². The number of rotatable bonds is 2. The van der Waals surface area contributed by atoms with E-state index in [1.807, 2.05) is 0 Å². The van der Waals surface area contributed by atoms with E-state index < -0.39 is 0 Å². The average Bonchev–Trinajstić information content (AvgIpc) is 3.96. The fraction of sp³-hybridized carbons (Fsp3) is 0.432. The Kier molecular flexibility index (Phi) is 11.8. The maximum absolute atomic E-state index is 2.72. The Balaban J connectivity index is 1.40. The summed E-state index contributed by atoms with van der Waals surface area (Å²) < 4.78 is 5.42. The third kappa shape index (κ3) is 8.41. The first-order chi connectivity index (χ1) is 35.8. The Morgan fingerprint density at radius 1 is 0.269 bits per heavy atom. The van der Waals surface area contributed by atoms with Crippen molar-refractivity contribution in [2.75, 3.05) is 0 Å². The maximum atomic E-state index is 2.72. The van der Waals surface area contributed by atoms with Crippen LogP contribution in [0.25, 0.3) is 55.0 Å². The number of benzene rings is 7. The number of hydrogen-bond acceptors (Lipinski definition) is 0. The van der Waals surface area contributed by atoms with Crippen LogP contribution in [0.15, 0.2) is 109 Å². The summed E-state index contributed by atoms with van der Waals surface area (Å²) in [5.41, 5.74) is 27.0. The van der Waals surface area contributed by atoms with Gasteiger partial charge in [-0.15, -0.1) is 0 Å². The molecule has 0 fully saturated rings. The molecular formula is C74H90B2N2. The molecule has 4 heteroatoms. The van der Waals surface area contributed by atoms with Gasteiger partial charge < -0.3 is 9.13 Å². The van der Waals surface area contributed by atoms with Crippen molar-refractivity contribution >= 4 is 89.8 Å². The van der Waals surface area contributed by atoms with E-state index in [2.05, 4.69) is 284 Å². The van der Waals surface area contributed by atoms with Crippen LogP contribution in [-0.2, 0) is 43.3 Å². The van der Waals surface area contributed by atoms with Crippen molar-refractivity contribution in [2.24, 2.45) is 0 Å². The van der Waals surface area contributed by atoms with Crippen LogP contribution in [0, 0.1) is 0 Å². The zero-order valence-corrected chi connectivity index (χ0v) is 52.4. The first kappa shape index (κ1) is 54.2. The minimum absolute atomic E-state index is 0.00483. The topological polar surface area (TPSA) is 9.86 Å². The highest BCUT2D eigenvalue weighted by Gasteiger charge is 2.45. The molecule has 0 unspecified atom stereocenters. The van der Waals surface area contributed by atoms with Gasteiger partial charge in [0.1, 0.15) is 0 Å². The Labute approximate surface area is 471 Å². The molecule has 2 nitrogen and oxygen atoms in total. The van der Waals surface area contributed by atoms with Gasteiger partial charge in [-0.25, -0.2) is 0 Å². The molecule has 0 saturated carbocycles. The number of nitrogens with zero attached hydrogens (tertiary/aromatic N) is 2. The molecule has 2 aromatic heterocycles. The Bertz CT molecular complexity index is 3650. The van der Waals surface area contributed by atoms with E-state index in [0.29, 0.717) is 0 Å². The van der Waals surface area contributed by atoms with E-state index in [4.69, 9.17) is 0 Å². The van der Waals surface area contributed by atoms with Gasteiger partial charge in [0.15, 0.2) is 0 Å². The van der Waals surface area contributed by atoms with Crippen LogP contribution in [0.1, 0.15) is 211 Å². The highest BCUT2D eigenvalue weighted by atomic mass is 15.0. The molecule has 2 aliphatic rings. The van der Waals surface area contributed by atoms with Gasteiger partial charge in [0.25, 0.3) is 0 Å². The standard InChI is InChI=1S/C74H90B2N2/c1-67(2,3)43-31-33-59-49(35-43)47-27-25-29-55-65(47)77(59)61-41-58-62(42-57(61)75(55)63-51(71(13,14)15)37-45(69(7,8)9)38-52(63)72(16,17)18)78-60-34-32-44(68(4,5)6)36-50(60)48-28-26-30-56(66(48)78)76(58)64-53(73(19,20)21)39-46(70(10,11)12)40-54(64)74(22,23)24/h25-42H,1-24H3. The Morgan fingerprint density at radius 2 is 0.564 bits per heavy atom. The van der Waals surface area contributed by atoms with Crippen molar-refractivity contribution in [3.63, 3.8) is 0 Å². The fourth-order valence-electron chi connectivity index (χ4n) is 13.8. The van der Waals surface area contributed by atoms with Crippen LogP contribution in [0.2, 0.25) is 0 Å². The summed E-state index contributed by atoms with van der Waals surface area (Å²) in [6.45, 7) is 57.8. The van der Waals surface area contributed by atoms with Crippen LogP contribution in [0.5, 0.6) is 0 Å². The van der Waals surface area contributed by atoms with Gasteiger partial charge in [-0.05, 0) is 146 Å². The Morgan fingerprint density at radius 3 is 0.833 bits per heavy atom. The largest absolute Gasteiger partial charge is 0.310 e. The van der Waals surface area contributed by atoms with Crippen molar-refractivity contribution in [1.29, 1.82) is 0 Å². The third-order valence-electron chi connectivity index (χ3n) is 18.2. The summed E-state index contributed by atoms with van der Waals surface area (Å²) in [7, 11) is 0. The first-order valence-electron chi connectivity index (χ1n) is 29.5. The molecule has 7 aromatic carbocycles. The van der Waals surface area contributed by atoms with E-state index in [9.17, 15) is 0 Å². The summed E-state index contributed by atoms with van der Waals surface area (Å²) in [6.07, 6.45) is 0. The molecule has 9 aromatic rings. The van der Waals surface area contributed by atoms with Gasteiger partial charge in [-0.2, -0.15) is 0 Å². The summed E-state index contributed by atoms with van der Waals surface area (Å²) in [4.78, 5) is 0. The second-order valence-corrected chi connectivity index (χ2v) is 32.4. The van der Waals surface area contributed by atoms with E-state index in [-0.39, 0.29) is 56.7 Å². The molecule has 0 atom stereocenters. The molecule has 0 radical (unpaired) electrons. The van der Waals surface area contributed by atoms with E-state index in [1.54, 1.807) is 0 Å². The van der Waals surface area contributed by atoms with Crippen LogP contribution in [0.3, 0.4) is 0 Å². The van der Waals surface area contributed by atoms with Crippen molar-refractivity contribution in [3.8, 4) is 11.4 Å². The quantitative estimate of drug-likeness (QED) is 0.153. The number of fused-ring (bicyclic) bond motifs is 10. The minimum atomic E-state index is -0.145. The lowest BCUT2D eigenvalue weighted by Crippen LogP contribution is -2.63. The SMILES string of the molecule is CC(C)(C)c1cc(C(C)(C)C)c(B2c3cc4c(cc3-n3c5ccc(C(C)(C)C)cc5c5cccc2c53)B(c2c(C(C)(C)C)cc(C(C)(C)C)cc2C(C)(C)C)c2cccc3c5cc(C(C)(C)C)ccc5n-4c23)c(C(C)(C)C)c1. The molecule has 0 spiro atoms. The lowest BCUT2D eigenvalue weighted by atomic mass is 9.30. The highest BCUT2D eigenvalue weighted by Crippen LogP contribution is 2.43. The molecule has 11 rings (SSSR count). The maximum Gasteiger partial charge on any atom is 0.247 e. The highest BCUT2D eigenvalue weighted by molar-refractivity contribution is 7.00. The second-order valence-electron chi connectivity index (χ2n) is 32.4.